The molecule has 0 aliphatic heterocycles. The summed E-state index contributed by atoms with van der Waals surface area (Å²) in [5, 5.41) is 0. The van der Waals surface area contributed by atoms with Crippen LogP contribution < -0.4 is 0 Å². The Labute approximate surface area is 127 Å². The van der Waals surface area contributed by atoms with E-state index >= 15 is 0 Å². The second-order valence-electron chi connectivity index (χ2n) is 5.21. The molecule has 8 heteroatoms. The molecule has 1 aliphatic carbocycles. The molecule has 0 unspecified atom stereocenters. The molecule has 122 valence electrons. The predicted molar refractivity (Wildman–Crippen MR) is 73.4 cm³/mol. The maximum Gasteiger partial charge on any atom is 0.472 e. The maximum absolute atomic E-state index is 12.8. The average molecular weight is 335 g/mol. The third-order valence-corrected chi connectivity index (χ3v) is 5.50. The summed E-state index contributed by atoms with van der Waals surface area (Å²) in [6.07, 6.45) is -2.66. The molecular weight excluding hydrogens is 319 g/mol. The van der Waals surface area contributed by atoms with Gasteiger partial charge in [-0.2, -0.15) is 13.2 Å². The minimum absolute atomic E-state index is 0.0431. The van der Waals surface area contributed by atoms with Crippen molar-refractivity contribution in [2.75, 3.05) is 0 Å². The topological polar surface area (TPSA) is 54.5 Å². The van der Waals surface area contributed by atoms with E-state index in [-0.39, 0.29) is 22.0 Å². The van der Waals surface area contributed by atoms with Gasteiger partial charge in [-0.05, 0) is 25.0 Å². The van der Waals surface area contributed by atoms with Gasteiger partial charge in [-0.15, -0.1) is 0 Å². The number of hydrogen-bond acceptors (Lipinski definition) is 3. The Kier molecular flexibility index (Phi) is 4.79. The van der Waals surface area contributed by atoms with Crippen LogP contribution in [0.1, 0.15) is 32.1 Å². The third-order valence-electron chi connectivity index (χ3n) is 3.65. The minimum Gasteiger partial charge on any atom is -0.263 e. The molecule has 0 atom stereocenters. The van der Waals surface area contributed by atoms with Gasteiger partial charge in [0.25, 0.3) is 10.0 Å². The lowest BCUT2D eigenvalue weighted by Crippen LogP contribution is -2.50. The summed E-state index contributed by atoms with van der Waals surface area (Å²) in [6.45, 7) is 0. The van der Waals surface area contributed by atoms with Gasteiger partial charge in [-0.3, -0.25) is 4.79 Å². The molecule has 1 fully saturated rings. The Morgan fingerprint density at radius 3 is 2.09 bits per heavy atom. The highest BCUT2D eigenvalue weighted by Crippen LogP contribution is 2.31. The van der Waals surface area contributed by atoms with Crippen LogP contribution in [0.5, 0.6) is 0 Å². The maximum atomic E-state index is 12.8. The van der Waals surface area contributed by atoms with Crippen LogP contribution in [0, 0.1) is 0 Å². The molecule has 2 rings (SSSR count). The first-order valence-electron chi connectivity index (χ1n) is 6.95. The first-order valence-corrected chi connectivity index (χ1v) is 8.39. The zero-order valence-corrected chi connectivity index (χ0v) is 12.5. The van der Waals surface area contributed by atoms with Gasteiger partial charge in [0.05, 0.1) is 4.90 Å². The third kappa shape index (κ3) is 3.43. The van der Waals surface area contributed by atoms with E-state index in [1.807, 2.05) is 0 Å². The van der Waals surface area contributed by atoms with Gasteiger partial charge in [0.2, 0.25) is 0 Å². The Balaban J connectivity index is 2.46. The van der Waals surface area contributed by atoms with Gasteiger partial charge < -0.3 is 0 Å². The van der Waals surface area contributed by atoms with Crippen LogP contribution in [-0.2, 0) is 14.8 Å². The van der Waals surface area contributed by atoms with Crippen molar-refractivity contribution in [1.29, 1.82) is 0 Å². The van der Waals surface area contributed by atoms with Crippen LogP contribution in [0.3, 0.4) is 0 Å². The predicted octanol–water partition coefficient (Wildman–Crippen LogP) is 3.10. The molecule has 1 aromatic rings. The summed E-state index contributed by atoms with van der Waals surface area (Å²) in [7, 11) is -4.52. The molecular formula is C14H16F3NO3S. The molecule has 0 saturated heterocycles. The monoisotopic (exact) mass is 335 g/mol. The van der Waals surface area contributed by atoms with E-state index in [4.69, 9.17) is 0 Å². The second kappa shape index (κ2) is 6.28. The van der Waals surface area contributed by atoms with Crippen molar-refractivity contribution in [1.82, 2.24) is 4.31 Å². The standard InChI is InChI=1S/C14H16F3NO3S/c15-14(16,17)13(19)18(11-7-3-1-4-8-11)22(20,21)12-9-5-2-6-10-12/h2,5-6,9-11H,1,3-4,7-8H2. The highest BCUT2D eigenvalue weighted by atomic mass is 32.2. The van der Waals surface area contributed by atoms with Crippen LogP contribution in [0.25, 0.3) is 0 Å². The number of benzene rings is 1. The molecule has 1 saturated carbocycles. The fraction of sp³-hybridized carbons (Fsp3) is 0.500. The summed E-state index contributed by atoms with van der Waals surface area (Å²) < 4.78 is 63.6. The van der Waals surface area contributed by atoms with Crippen molar-refractivity contribution in [3.63, 3.8) is 0 Å². The van der Waals surface area contributed by atoms with Gasteiger partial charge >= 0.3 is 12.1 Å². The van der Waals surface area contributed by atoms with Crippen molar-refractivity contribution in [3.8, 4) is 0 Å². The molecule has 0 bridgehead atoms. The molecule has 0 aromatic heterocycles. The highest BCUT2D eigenvalue weighted by Gasteiger charge is 2.49. The summed E-state index contributed by atoms with van der Waals surface area (Å²) in [4.78, 5) is 11.4. The summed E-state index contributed by atoms with van der Waals surface area (Å²) in [6, 6.07) is 5.81. The largest absolute Gasteiger partial charge is 0.472 e. The lowest BCUT2D eigenvalue weighted by Gasteiger charge is -2.33. The van der Waals surface area contributed by atoms with Crippen molar-refractivity contribution in [2.45, 2.75) is 49.2 Å². The first kappa shape index (κ1) is 16.8. The summed E-state index contributed by atoms with van der Waals surface area (Å²) in [5.74, 6) is -2.32. The molecule has 0 spiro atoms. The Morgan fingerprint density at radius 2 is 1.59 bits per heavy atom. The molecule has 4 nitrogen and oxygen atoms in total. The van der Waals surface area contributed by atoms with Crippen molar-refractivity contribution in [3.05, 3.63) is 30.3 Å². The first-order chi connectivity index (χ1) is 10.2. The number of amides is 1. The minimum atomic E-state index is -5.22. The average Bonchev–Trinajstić information content (AvgIpc) is 2.48. The fourth-order valence-corrected chi connectivity index (χ4v) is 4.27. The Morgan fingerprint density at radius 1 is 1.05 bits per heavy atom. The van der Waals surface area contributed by atoms with E-state index in [2.05, 4.69) is 0 Å². The smallest absolute Gasteiger partial charge is 0.263 e. The molecule has 1 amide bonds. The van der Waals surface area contributed by atoms with E-state index in [1.54, 1.807) is 6.07 Å². The van der Waals surface area contributed by atoms with E-state index < -0.39 is 28.1 Å². The number of hydrogen-bond donors (Lipinski definition) is 0. The number of sulfonamides is 1. The van der Waals surface area contributed by atoms with E-state index in [0.29, 0.717) is 12.8 Å². The van der Waals surface area contributed by atoms with Gasteiger partial charge in [-0.1, -0.05) is 37.5 Å². The van der Waals surface area contributed by atoms with E-state index in [0.717, 1.165) is 6.42 Å². The van der Waals surface area contributed by atoms with E-state index in [1.165, 1.54) is 24.3 Å². The van der Waals surface area contributed by atoms with Crippen LogP contribution in [-0.4, -0.2) is 30.8 Å². The summed E-state index contributed by atoms with van der Waals surface area (Å²) in [5.41, 5.74) is 0. The van der Waals surface area contributed by atoms with Gasteiger partial charge in [0, 0.05) is 6.04 Å². The van der Waals surface area contributed by atoms with Crippen molar-refractivity contribution >= 4 is 15.9 Å². The Bertz CT molecular complexity index is 622. The van der Waals surface area contributed by atoms with E-state index in [9.17, 15) is 26.4 Å². The number of alkyl halides is 3. The van der Waals surface area contributed by atoms with Gasteiger partial charge in [0.1, 0.15) is 0 Å². The molecule has 22 heavy (non-hydrogen) atoms. The number of halogens is 3. The van der Waals surface area contributed by atoms with Crippen molar-refractivity contribution in [2.24, 2.45) is 0 Å². The number of carbonyl (C=O) groups excluding carboxylic acids is 1. The SMILES string of the molecule is O=C(N(C1CCCCC1)S(=O)(=O)c1ccccc1)C(F)(F)F. The lowest BCUT2D eigenvalue weighted by molar-refractivity contribution is -0.182. The van der Waals surface area contributed by atoms with Crippen LogP contribution in [0.2, 0.25) is 0 Å². The van der Waals surface area contributed by atoms with Crippen LogP contribution in [0.15, 0.2) is 35.2 Å². The van der Waals surface area contributed by atoms with Gasteiger partial charge in [0.15, 0.2) is 0 Å². The van der Waals surface area contributed by atoms with Crippen molar-refractivity contribution < 1.29 is 26.4 Å². The van der Waals surface area contributed by atoms with Gasteiger partial charge in [-0.25, -0.2) is 12.7 Å². The number of rotatable bonds is 3. The molecule has 0 radical (unpaired) electrons. The normalized spacial score (nSPS) is 17.2. The number of nitrogens with zero attached hydrogens (tertiary/aromatic N) is 1. The highest BCUT2D eigenvalue weighted by molar-refractivity contribution is 7.89. The molecule has 1 aromatic carbocycles. The Hall–Kier alpha value is -1.57. The molecule has 0 N–H and O–H groups in total. The molecule has 0 heterocycles. The second-order valence-corrected chi connectivity index (χ2v) is 7.02. The zero-order chi connectivity index (χ0) is 16.4. The fourth-order valence-electron chi connectivity index (χ4n) is 2.62. The zero-order valence-electron chi connectivity index (χ0n) is 11.7. The quantitative estimate of drug-likeness (QED) is 0.853. The summed E-state index contributed by atoms with van der Waals surface area (Å²) >= 11 is 0. The molecule has 1 aliphatic rings. The lowest BCUT2D eigenvalue weighted by atomic mass is 9.95. The number of carbonyl (C=O) groups is 1. The van der Waals surface area contributed by atoms with Crippen LogP contribution >= 0.6 is 0 Å². The van der Waals surface area contributed by atoms with Crippen LogP contribution in [0.4, 0.5) is 13.2 Å².